The number of benzene rings is 2. The smallest absolute Gasteiger partial charge is 0.171 e. The van der Waals surface area contributed by atoms with Crippen LogP contribution in [0.3, 0.4) is 0 Å². The molecule has 0 radical (unpaired) electrons. The Morgan fingerprint density at radius 1 is 0.786 bits per heavy atom. The fourth-order valence-corrected chi connectivity index (χ4v) is 4.07. The standard InChI is InChI=1S/C22H24N6/c1-17-23-20-10-6-5-9-19(20)22-25-24-21(28(17)22)16-27-13-11-26(12-14-27)15-18-7-3-2-4-8-18/h2-10H,11-16H2,1H3. The van der Waals surface area contributed by atoms with Gasteiger partial charge in [-0.3, -0.25) is 14.2 Å². The van der Waals surface area contributed by atoms with Gasteiger partial charge < -0.3 is 0 Å². The molecule has 1 saturated heterocycles. The Kier molecular flexibility index (Phi) is 4.50. The van der Waals surface area contributed by atoms with Crippen LogP contribution in [0.5, 0.6) is 0 Å². The molecule has 3 heterocycles. The summed E-state index contributed by atoms with van der Waals surface area (Å²) in [7, 11) is 0. The van der Waals surface area contributed by atoms with E-state index in [0.29, 0.717) is 0 Å². The summed E-state index contributed by atoms with van der Waals surface area (Å²) in [6, 6.07) is 18.8. The van der Waals surface area contributed by atoms with Gasteiger partial charge in [-0.15, -0.1) is 10.2 Å². The number of para-hydroxylation sites is 1. The van der Waals surface area contributed by atoms with E-state index in [1.807, 2.05) is 25.1 Å². The lowest BCUT2D eigenvalue weighted by atomic mass is 10.2. The Labute approximate surface area is 164 Å². The first kappa shape index (κ1) is 17.3. The van der Waals surface area contributed by atoms with Crippen molar-refractivity contribution in [2.75, 3.05) is 26.2 Å². The summed E-state index contributed by atoms with van der Waals surface area (Å²) < 4.78 is 2.11. The molecule has 6 heteroatoms. The zero-order valence-electron chi connectivity index (χ0n) is 16.1. The quantitative estimate of drug-likeness (QED) is 0.551. The Morgan fingerprint density at radius 3 is 2.25 bits per heavy atom. The van der Waals surface area contributed by atoms with Crippen LogP contribution < -0.4 is 0 Å². The monoisotopic (exact) mass is 372 g/mol. The van der Waals surface area contributed by atoms with Gasteiger partial charge in [-0.05, 0) is 24.6 Å². The fraction of sp³-hybridized carbons (Fsp3) is 0.318. The minimum atomic E-state index is 0.807. The first-order chi connectivity index (χ1) is 13.8. The van der Waals surface area contributed by atoms with Crippen LogP contribution in [0.25, 0.3) is 16.6 Å². The molecule has 0 saturated carbocycles. The minimum Gasteiger partial charge on any atom is -0.297 e. The molecule has 2 aromatic carbocycles. The maximum atomic E-state index is 4.74. The maximum Gasteiger partial charge on any atom is 0.171 e. The van der Waals surface area contributed by atoms with Crippen molar-refractivity contribution in [2.45, 2.75) is 20.0 Å². The van der Waals surface area contributed by atoms with E-state index in [1.165, 1.54) is 5.56 Å². The molecule has 5 rings (SSSR count). The van der Waals surface area contributed by atoms with Crippen LogP contribution in [0, 0.1) is 6.92 Å². The summed E-state index contributed by atoms with van der Waals surface area (Å²) >= 11 is 0. The van der Waals surface area contributed by atoms with Crippen molar-refractivity contribution in [3.05, 3.63) is 71.8 Å². The summed E-state index contributed by atoms with van der Waals surface area (Å²) in [5, 5.41) is 10.0. The third-order valence-corrected chi connectivity index (χ3v) is 5.56. The SMILES string of the molecule is Cc1nc2ccccc2c2nnc(CN3CCN(Cc4ccccc4)CC3)n12. The van der Waals surface area contributed by atoms with Crippen LogP contribution in [-0.4, -0.2) is 55.6 Å². The second-order valence-electron chi connectivity index (χ2n) is 7.49. The van der Waals surface area contributed by atoms with E-state index in [4.69, 9.17) is 4.98 Å². The van der Waals surface area contributed by atoms with E-state index >= 15 is 0 Å². The van der Waals surface area contributed by atoms with E-state index in [1.54, 1.807) is 0 Å². The van der Waals surface area contributed by atoms with Gasteiger partial charge in [0.05, 0.1) is 12.1 Å². The number of fused-ring (bicyclic) bond motifs is 3. The van der Waals surface area contributed by atoms with Crippen LogP contribution in [0.2, 0.25) is 0 Å². The highest BCUT2D eigenvalue weighted by Crippen LogP contribution is 2.20. The number of aryl methyl sites for hydroxylation is 1. The predicted octanol–water partition coefficient (Wildman–Crippen LogP) is 2.90. The van der Waals surface area contributed by atoms with Crippen molar-refractivity contribution >= 4 is 16.6 Å². The molecule has 0 amide bonds. The maximum absolute atomic E-state index is 4.74. The molecule has 1 aliphatic rings. The van der Waals surface area contributed by atoms with Gasteiger partial charge in [0.25, 0.3) is 0 Å². The Bertz CT molecular complexity index is 1100. The summed E-state index contributed by atoms with van der Waals surface area (Å²) in [4.78, 5) is 9.73. The second kappa shape index (κ2) is 7.30. The molecule has 0 spiro atoms. The molecule has 28 heavy (non-hydrogen) atoms. The molecule has 142 valence electrons. The molecule has 0 aliphatic carbocycles. The summed E-state index contributed by atoms with van der Waals surface area (Å²) in [5.74, 6) is 1.92. The topological polar surface area (TPSA) is 49.6 Å². The number of hydrogen-bond donors (Lipinski definition) is 0. The number of nitrogens with zero attached hydrogens (tertiary/aromatic N) is 6. The second-order valence-corrected chi connectivity index (χ2v) is 7.49. The lowest BCUT2D eigenvalue weighted by molar-refractivity contribution is 0.119. The highest BCUT2D eigenvalue weighted by Gasteiger charge is 2.20. The van der Waals surface area contributed by atoms with E-state index in [-0.39, 0.29) is 0 Å². The number of aromatic nitrogens is 4. The summed E-state index contributed by atoms with van der Waals surface area (Å²) in [6.07, 6.45) is 0. The van der Waals surface area contributed by atoms with Crippen molar-refractivity contribution in [1.29, 1.82) is 0 Å². The van der Waals surface area contributed by atoms with E-state index in [9.17, 15) is 0 Å². The molecule has 2 aromatic heterocycles. The Balaban J connectivity index is 1.31. The molecule has 0 N–H and O–H groups in total. The van der Waals surface area contributed by atoms with Gasteiger partial charge >= 0.3 is 0 Å². The summed E-state index contributed by atoms with van der Waals surface area (Å²) in [5.41, 5.74) is 3.26. The number of rotatable bonds is 4. The van der Waals surface area contributed by atoms with Gasteiger partial charge in [0.15, 0.2) is 11.5 Å². The van der Waals surface area contributed by atoms with Crippen LogP contribution >= 0.6 is 0 Å². The van der Waals surface area contributed by atoms with Crippen LogP contribution in [0.4, 0.5) is 0 Å². The molecular formula is C22H24N6. The largest absolute Gasteiger partial charge is 0.297 e. The third-order valence-electron chi connectivity index (χ3n) is 5.56. The van der Waals surface area contributed by atoms with Crippen LogP contribution in [-0.2, 0) is 13.1 Å². The fourth-order valence-electron chi connectivity index (χ4n) is 4.07. The molecular weight excluding hydrogens is 348 g/mol. The van der Waals surface area contributed by atoms with Crippen LogP contribution in [0.15, 0.2) is 54.6 Å². The van der Waals surface area contributed by atoms with Gasteiger partial charge in [-0.2, -0.15) is 0 Å². The zero-order chi connectivity index (χ0) is 18.9. The molecule has 6 nitrogen and oxygen atoms in total. The third kappa shape index (κ3) is 3.25. The van der Waals surface area contributed by atoms with E-state index in [0.717, 1.165) is 67.5 Å². The average Bonchev–Trinajstić information content (AvgIpc) is 3.15. The lowest BCUT2D eigenvalue weighted by Crippen LogP contribution is -2.45. The average molecular weight is 372 g/mol. The van der Waals surface area contributed by atoms with Gasteiger partial charge in [-0.1, -0.05) is 42.5 Å². The van der Waals surface area contributed by atoms with Gasteiger partial charge in [0.2, 0.25) is 0 Å². The first-order valence-electron chi connectivity index (χ1n) is 9.86. The molecule has 1 fully saturated rings. The van der Waals surface area contributed by atoms with Gasteiger partial charge in [0, 0.05) is 38.1 Å². The van der Waals surface area contributed by atoms with Crippen molar-refractivity contribution in [3.63, 3.8) is 0 Å². The van der Waals surface area contributed by atoms with Gasteiger partial charge in [-0.25, -0.2) is 4.98 Å². The highest BCUT2D eigenvalue weighted by atomic mass is 15.3. The molecule has 4 aromatic rings. The number of piperazine rings is 1. The highest BCUT2D eigenvalue weighted by molar-refractivity contribution is 5.91. The molecule has 0 unspecified atom stereocenters. The van der Waals surface area contributed by atoms with Crippen molar-refractivity contribution < 1.29 is 0 Å². The Hall–Kier alpha value is -2.83. The normalized spacial score (nSPS) is 16.2. The molecule has 0 bridgehead atoms. The van der Waals surface area contributed by atoms with Crippen LogP contribution in [0.1, 0.15) is 17.2 Å². The predicted molar refractivity (Wildman–Crippen MR) is 110 cm³/mol. The van der Waals surface area contributed by atoms with E-state index < -0.39 is 0 Å². The zero-order valence-corrected chi connectivity index (χ0v) is 16.1. The Morgan fingerprint density at radius 2 is 1.46 bits per heavy atom. The minimum absolute atomic E-state index is 0.807. The van der Waals surface area contributed by atoms with Crippen molar-refractivity contribution in [2.24, 2.45) is 0 Å². The van der Waals surface area contributed by atoms with E-state index in [2.05, 4.69) is 60.8 Å². The molecule has 0 atom stereocenters. The number of hydrogen-bond acceptors (Lipinski definition) is 5. The molecule has 1 aliphatic heterocycles. The first-order valence-corrected chi connectivity index (χ1v) is 9.86. The van der Waals surface area contributed by atoms with Gasteiger partial charge in [0.1, 0.15) is 5.82 Å². The van der Waals surface area contributed by atoms with Crippen molar-refractivity contribution in [1.82, 2.24) is 29.4 Å². The lowest BCUT2D eigenvalue weighted by Gasteiger charge is -2.34. The van der Waals surface area contributed by atoms with Crippen molar-refractivity contribution in [3.8, 4) is 0 Å². The summed E-state index contributed by atoms with van der Waals surface area (Å²) in [6.45, 7) is 8.10.